The minimum absolute atomic E-state index is 0.214. The molecule has 84 valence electrons. The van der Waals surface area contributed by atoms with Gasteiger partial charge in [0.15, 0.2) is 0 Å². The molecule has 0 heterocycles. The zero-order chi connectivity index (χ0) is 10.8. The van der Waals surface area contributed by atoms with Crippen LogP contribution < -0.4 is 0 Å². The molecule has 0 N–H and O–H groups in total. The Labute approximate surface area is 84.8 Å². The Morgan fingerprint density at radius 3 is 1.93 bits per heavy atom. The second kappa shape index (κ2) is 4.56. The first-order valence-electron chi connectivity index (χ1n) is 5.33. The third-order valence-electron chi connectivity index (χ3n) is 3.19. The van der Waals surface area contributed by atoms with E-state index >= 15 is 0 Å². The fraction of sp³-hybridized carbons (Fsp3) is 1.00. The lowest BCUT2D eigenvalue weighted by molar-refractivity contribution is -0.173. The van der Waals surface area contributed by atoms with Crippen LogP contribution in [0, 0.1) is 11.3 Å². The van der Waals surface area contributed by atoms with Crippen LogP contribution >= 0.6 is 0 Å². The molecule has 1 saturated carbocycles. The fourth-order valence-electron chi connectivity index (χ4n) is 2.21. The lowest BCUT2D eigenvalue weighted by atomic mass is 9.72. The molecule has 0 unspecified atom stereocenters. The Morgan fingerprint density at radius 2 is 1.57 bits per heavy atom. The molecule has 1 nitrogen and oxygen atoms in total. The molecule has 0 bridgehead atoms. The summed E-state index contributed by atoms with van der Waals surface area (Å²) in [5, 5.41) is 0. The number of halogens is 2. The second-order valence-corrected chi connectivity index (χ2v) is 5.24. The number of rotatable bonds is 2. The van der Waals surface area contributed by atoms with Crippen molar-refractivity contribution in [2.75, 3.05) is 0 Å². The molecule has 0 aromatic heterocycles. The maximum absolute atomic E-state index is 11.9. The van der Waals surface area contributed by atoms with Crippen LogP contribution in [0.5, 0.6) is 0 Å². The Morgan fingerprint density at radius 1 is 1.07 bits per heavy atom. The van der Waals surface area contributed by atoms with Gasteiger partial charge in [-0.1, -0.05) is 20.8 Å². The number of hydrogen-bond acceptors (Lipinski definition) is 1. The minimum Gasteiger partial charge on any atom is -0.320 e. The van der Waals surface area contributed by atoms with Gasteiger partial charge in [0.1, 0.15) is 0 Å². The van der Waals surface area contributed by atoms with E-state index in [1.165, 1.54) is 0 Å². The molecule has 0 radical (unpaired) electrons. The topological polar surface area (TPSA) is 9.23 Å². The first-order valence-corrected chi connectivity index (χ1v) is 5.33. The third-order valence-corrected chi connectivity index (χ3v) is 3.19. The van der Waals surface area contributed by atoms with Crippen molar-refractivity contribution in [3.05, 3.63) is 0 Å². The average Bonchev–Trinajstić information content (AvgIpc) is 2.02. The summed E-state index contributed by atoms with van der Waals surface area (Å²) in [6.45, 7) is 4.04. The van der Waals surface area contributed by atoms with Crippen molar-refractivity contribution >= 4 is 0 Å². The largest absolute Gasteiger partial charge is 0.345 e. The third kappa shape index (κ3) is 3.52. The molecule has 0 saturated heterocycles. The van der Waals surface area contributed by atoms with Crippen LogP contribution in [0.15, 0.2) is 0 Å². The van der Waals surface area contributed by atoms with Crippen LogP contribution in [0.4, 0.5) is 8.78 Å². The van der Waals surface area contributed by atoms with Crippen LogP contribution in [0.2, 0.25) is 0 Å². The monoisotopic (exact) mass is 206 g/mol. The van der Waals surface area contributed by atoms with Crippen molar-refractivity contribution < 1.29 is 13.5 Å². The van der Waals surface area contributed by atoms with Crippen LogP contribution in [0.25, 0.3) is 0 Å². The number of hydrogen-bond donors (Lipinski definition) is 0. The smallest absolute Gasteiger partial charge is 0.320 e. The Bertz CT molecular complexity index is 167. The zero-order valence-corrected chi connectivity index (χ0v) is 9.22. The lowest BCUT2D eigenvalue weighted by Crippen LogP contribution is -2.29. The molecule has 14 heavy (non-hydrogen) atoms. The summed E-state index contributed by atoms with van der Waals surface area (Å²) in [7, 11) is 0. The van der Waals surface area contributed by atoms with Gasteiger partial charge in [-0.05, 0) is 37.0 Å². The molecule has 0 spiro atoms. The highest BCUT2D eigenvalue weighted by Gasteiger charge is 2.30. The standard InChI is InChI=1S/C11H20F2O/c1-11(2,3)8-4-6-9(7-5-8)14-10(12)13/h8-10H,4-7H2,1-3H3. The highest BCUT2D eigenvalue weighted by molar-refractivity contribution is 4.80. The van der Waals surface area contributed by atoms with Crippen molar-refractivity contribution in [1.29, 1.82) is 0 Å². The Hall–Kier alpha value is -0.180. The number of ether oxygens (including phenoxy) is 1. The SMILES string of the molecule is CC(C)(C)C1CCC(OC(F)F)CC1. The van der Waals surface area contributed by atoms with Gasteiger partial charge in [0.2, 0.25) is 0 Å². The van der Waals surface area contributed by atoms with Gasteiger partial charge in [-0.15, -0.1) is 0 Å². The molecule has 0 aliphatic heterocycles. The van der Waals surface area contributed by atoms with Gasteiger partial charge in [0, 0.05) is 0 Å². The molecule has 1 fully saturated rings. The van der Waals surface area contributed by atoms with E-state index in [2.05, 4.69) is 25.5 Å². The average molecular weight is 206 g/mol. The van der Waals surface area contributed by atoms with Gasteiger partial charge in [-0.25, -0.2) is 0 Å². The van der Waals surface area contributed by atoms with Gasteiger partial charge in [-0.2, -0.15) is 8.78 Å². The normalized spacial score (nSPS) is 29.6. The van der Waals surface area contributed by atoms with E-state index in [0.29, 0.717) is 11.3 Å². The molecule has 0 aromatic rings. The molecule has 1 aliphatic rings. The molecule has 1 rings (SSSR count). The molecule has 1 aliphatic carbocycles. The highest BCUT2D eigenvalue weighted by Crippen LogP contribution is 2.38. The lowest BCUT2D eigenvalue weighted by Gasteiger charge is -2.36. The first kappa shape index (κ1) is 11.9. The Balaban J connectivity index is 2.31. The maximum atomic E-state index is 11.9. The quantitative estimate of drug-likeness (QED) is 0.667. The summed E-state index contributed by atoms with van der Waals surface area (Å²) in [6.07, 6.45) is 3.38. The summed E-state index contributed by atoms with van der Waals surface area (Å²) < 4.78 is 28.4. The summed E-state index contributed by atoms with van der Waals surface area (Å²) in [5.74, 6) is 0.653. The van der Waals surface area contributed by atoms with Crippen LogP contribution in [0.3, 0.4) is 0 Å². The van der Waals surface area contributed by atoms with E-state index in [9.17, 15) is 8.78 Å². The maximum Gasteiger partial charge on any atom is 0.345 e. The predicted molar refractivity (Wildman–Crippen MR) is 52.3 cm³/mol. The van der Waals surface area contributed by atoms with Gasteiger partial charge in [-0.3, -0.25) is 0 Å². The molecular weight excluding hydrogens is 186 g/mol. The molecular formula is C11H20F2O. The zero-order valence-electron chi connectivity index (χ0n) is 9.22. The van der Waals surface area contributed by atoms with Crippen molar-refractivity contribution in [2.24, 2.45) is 11.3 Å². The van der Waals surface area contributed by atoms with E-state index in [1.807, 2.05) is 0 Å². The van der Waals surface area contributed by atoms with Gasteiger partial charge >= 0.3 is 6.61 Å². The van der Waals surface area contributed by atoms with E-state index in [0.717, 1.165) is 25.7 Å². The van der Waals surface area contributed by atoms with Crippen LogP contribution in [0.1, 0.15) is 46.5 Å². The second-order valence-electron chi connectivity index (χ2n) is 5.24. The van der Waals surface area contributed by atoms with Crippen molar-refractivity contribution in [3.8, 4) is 0 Å². The van der Waals surface area contributed by atoms with Crippen LogP contribution in [-0.2, 0) is 4.74 Å². The van der Waals surface area contributed by atoms with E-state index in [1.54, 1.807) is 0 Å². The molecule has 3 heteroatoms. The highest BCUT2D eigenvalue weighted by atomic mass is 19.3. The molecule has 0 atom stereocenters. The van der Waals surface area contributed by atoms with E-state index < -0.39 is 6.61 Å². The van der Waals surface area contributed by atoms with Gasteiger partial charge < -0.3 is 4.74 Å². The van der Waals surface area contributed by atoms with Crippen molar-refractivity contribution in [1.82, 2.24) is 0 Å². The Kier molecular flexibility index (Phi) is 3.87. The van der Waals surface area contributed by atoms with Crippen molar-refractivity contribution in [3.63, 3.8) is 0 Å². The van der Waals surface area contributed by atoms with Crippen LogP contribution in [-0.4, -0.2) is 12.7 Å². The summed E-state index contributed by atoms with van der Waals surface area (Å²) in [6, 6.07) is 0. The predicted octanol–water partition coefficient (Wildman–Crippen LogP) is 3.83. The van der Waals surface area contributed by atoms with Crippen molar-refractivity contribution in [2.45, 2.75) is 59.2 Å². The number of alkyl halides is 2. The summed E-state index contributed by atoms with van der Waals surface area (Å²) in [4.78, 5) is 0. The van der Waals surface area contributed by atoms with E-state index in [-0.39, 0.29) is 6.10 Å². The van der Waals surface area contributed by atoms with E-state index in [4.69, 9.17) is 0 Å². The van der Waals surface area contributed by atoms with Gasteiger partial charge in [0.05, 0.1) is 6.10 Å². The summed E-state index contributed by atoms with van der Waals surface area (Å²) in [5.41, 5.74) is 0.301. The first-order chi connectivity index (χ1) is 6.39. The summed E-state index contributed by atoms with van der Waals surface area (Å²) >= 11 is 0. The molecule has 0 aromatic carbocycles. The fourth-order valence-corrected chi connectivity index (χ4v) is 2.21. The molecule has 0 amide bonds. The minimum atomic E-state index is -2.61. The van der Waals surface area contributed by atoms with Gasteiger partial charge in [0.25, 0.3) is 0 Å².